The average molecular weight is 492 g/mol. The normalized spacial score (nSPS) is 19.1. The third-order valence-electron chi connectivity index (χ3n) is 5.67. The fourth-order valence-electron chi connectivity index (χ4n) is 3.85. The second-order valence-electron chi connectivity index (χ2n) is 7.74. The van der Waals surface area contributed by atoms with Crippen molar-refractivity contribution in [1.29, 1.82) is 0 Å². The summed E-state index contributed by atoms with van der Waals surface area (Å²) in [6, 6.07) is 11.8. The SMILES string of the molecule is CCC1SC(c2ccc(F)cc2F)N(CCN(C)S(=O)(=O)c2cccc3cccnc23)C1=O. The van der Waals surface area contributed by atoms with Crippen LogP contribution in [0.15, 0.2) is 59.6 Å². The molecule has 1 aliphatic heterocycles. The number of thioether (sulfide) groups is 1. The van der Waals surface area contributed by atoms with Gasteiger partial charge < -0.3 is 4.90 Å². The number of para-hydroxylation sites is 1. The van der Waals surface area contributed by atoms with Gasteiger partial charge in [0.2, 0.25) is 15.9 Å². The molecule has 0 spiro atoms. The molecule has 2 atom stereocenters. The molecule has 0 saturated carbocycles. The van der Waals surface area contributed by atoms with Gasteiger partial charge in [0, 0.05) is 43.4 Å². The summed E-state index contributed by atoms with van der Waals surface area (Å²) in [4.78, 5) is 18.7. The summed E-state index contributed by atoms with van der Waals surface area (Å²) in [7, 11) is -2.45. The smallest absolute Gasteiger partial charge is 0.245 e. The van der Waals surface area contributed by atoms with Crippen molar-refractivity contribution in [3.63, 3.8) is 0 Å². The van der Waals surface area contributed by atoms with Gasteiger partial charge in [0.1, 0.15) is 21.9 Å². The highest BCUT2D eigenvalue weighted by Crippen LogP contribution is 2.44. The van der Waals surface area contributed by atoms with Gasteiger partial charge in [-0.3, -0.25) is 9.78 Å². The van der Waals surface area contributed by atoms with Crippen molar-refractivity contribution < 1.29 is 22.0 Å². The fraction of sp³-hybridized carbons (Fsp3) is 0.304. The zero-order valence-corrected chi connectivity index (χ0v) is 19.7. The third-order valence-corrected chi connectivity index (χ3v) is 9.19. The Morgan fingerprint density at radius 1 is 1.15 bits per heavy atom. The predicted molar refractivity (Wildman–Crippen MR) is 124 cm³/mol. The minimum atomic E-state index is -3.89. The van der Waals surface area contributed by atoms with E-state index < -0.39 is 27.0 Å². The van der Waals surface area contributed by atoms with Crippen molar-refractivity contribution in [3.05, 3.63) is 71.9 Å². The van der Waals surface area contributed by atoms with Crippen LogP contribution >= 0.6 is 11.8 Å². The Morgan fingerprint density at radius 3 is 2.64 bits per heavy atom. The molecule has 0 bridgehead atoms. The first-order chi connectivity index (χ1) is 15.7. The second-order valence-corrected chi connectivity index (χ2v) is 11.0. The van der Waals surface area contributed by atoms with E-state index in [1.165, 1.54) is 46.3 Å². The molecule has 1 amide bonds. The van der Waals surface area contributed by atoms with Gasteiger partial charge in [0.25, 0.3) is 0 Å². The third kappa shape index (κ3) is 4.47. The highest BCUT2D eigenvalue weighted by Gasteiger charge is 2.41. The van der Waals surface area contributed by atoms with Crippen LogP contribution in [-0.2, 0) is 14.8 Å². The molecule has 0 radical (unpaired) electrons. The molecule has 0 N–H and O–H groups in total. The summed E-state index contributed by atoms with van der Waals surface area (Å²) < 4.78 is 55.6. The van der Waals surface area contributed by atoms with Gasteiger partial charge in [-0.2, -0.15) is 4.31 Å². The summed E-state index contributed by atoms with van der Waals surface area (Å²) in [6.45, 7) is 1.94. The molecule has 4 rings (SSSR count). The number of carbonyl (C=O) groups excluding carboxylic acids is 1. The van der Waals surface area contributed by atoms with Crippen LogP contribution in [0.4, 0.5) is 8.78 Å². The molecule has 2 heterocycles. The Kier molecular flexibility index (Phi) is 6.69. The van der Waals surface area contributed by atoms with Crippen molar-refractivity contribution in [1.82, 2.24) is 14.2 Å². The maximum absolute atomic E-state index is 14.5. The van der Waals surface area contributed by atoms with Crippen LogP contribution in [0.5, 0.6) is 0 Å². The molecule has 2 unspecified atom stereocenters. The average Bonchev–Trinajstić information content (AvgIpc) is 3.12. The molecule has 1 aromatic heterocycles. The first kappa shape index (κ1) is 23.6. The van der Waals surface area contributed by atoms with E-state index in [1.807, 2.05) is 6.92 Å². The monoisotopic (exact) mass is 491 g/mol. The highest BCUT2D eigenvalue weighted by molar-refractivity contribution is 8.01. The van der Waals surface area contributed by atoms with Crippen molar-refractivity contribution >= 4 is 38.6 Å². The maximum atomic E-state index is 14.5. The number of pyridine rings is 1. The number of aromatic nitrogens is 1. The van der Waals surface area contributed by atoms with E-state index >= 15 is 0 Å². The number of sulfonamides is 1. The number of halogens is 2. The number of rotatable bonds is 7. The Morgan fingerprint density at radius 2 is 1.91 bits per heavy atom. The van der Waals surface area contributed by atoms with E-state index in [2.05, 4.69) is 4.98 Å². The maximum Gasteiger partial charge on any atom is 0.245 e. The number of amides is 1. The molecule has 0 aliphatic carbocycles. The molecule has 174 valence electrons. The predicted octanol–water partition coefficient (Wildman–Crippen LogP) is 4.19. The van der Waals surface area contributed by atoms with E-state index in [4.69, 9.17) is 0 Å². The molecule has 6 nitrogen and oxygen atoms in total. The summed E-state index contributed by atoms with van der Waals surface area (Å²) in [5.41, 5.74) is 0.575. The molecule has 1 fully saturated rings. The Labute approximate surface area is 195 Å². The van der Waals surface area contributed by atoms with Gasteiger partial charge in [0.15, 0.2) is 0 Å². The molecule has 10 heteroatoms. The van der Waals surface area contributed by atoms with Gasteiger partial charge in [0.05, 0.1) is 10.8 Å². The lowest BCUT2D eigenvalue weighted by atomic mass is 10.1. The summed E-state index contributed by atoms with van der Waals surface area (Å²) in [6.07, 6.45) is 2.09. The van der Waals surface area contributed by atoms with E-state index in [1.54, 1.807) is 24.3 Å². The van der Waals surface area contributed by atoms with Crippen LogP contribution in [0.1, 0.15) is 24.3 Å². The molecule has 1 aliphatic rings. The summed E-state index contributed by atoms with van der Waals surface area (Å²) in [5, 5.41) is -0.322. The van der Waals surface area contributed by atoms with E-state index in [9.17, 15) is 22.0 Å². The number of hydrogen-bond donors (Lipinski definition) is 0. The Hall–Kier alpha value is -2.56. The van der Waals surface area contributed by atoms with Crippen LogP contribution in [-0.4, -0.2) is 53.9 Å². The van der Waals surface area contributed by atoms with Crippen molar-refractivity contribution in [3.8, 4) is 0 Å². The van der Waals surface area contributed by atoms with E-state index in [0.29, 0.717) is 17.3 Å². The van der Waals surface area contributed by atoms with E-state index in [0.717, 1.165) is 12.1 Å². The minimum Gasteiger partial charge on any atom is -0.324 e. The van der Waals surface area contributed by atoms with Crippen molar-refractivity contribution in [2.75, 3.05) is 20.1 Å². The fourth-order valence-corrected chi connectivity index (χ4v) is 6.62. The number of hydrogen-bond acceptors (Lipinski definition) is 5. The highest BCUT2D eigenvalue weighted by atomic mass is 32.2. The standard InChI is InChI=1S/C23H23F2N3O3S2/c1-3-19-22(29)28(23(32-19)17-10-9-16(24)14-18(17)25)13-12-27(2)33(30,31)20-8-4-6-15-7-5-11-26-21(15)20/h4-11,14,19,23H,3,12-13H2,1-2H3. The Bertz CT molecular complexity index is 1300. The lowest BCUT2D eigenvalue weighted by molar-refractivity contribution is -0.130. The van der Waals surface area contributed by atoms with Gasteiger partial charge in [-0.25, -0.2) is 17.2 Å². The molecule has 2 aromatic carbocycles. The summed E-state index contributed by atoms with van der Waals surface area (Å²) in [5.74, 6) is -1.61. The first-order valence-electron chi connectivity index (χ1n) is 10.4. The van der Waals surface area contributed by atoms with Crippen LogP contribution in [0, 0.1) is 11.6 Å². The molecule has 3 aromatic rings. The molecular weight excluding hydrogens is 468 g/mol. The molecule has 33 heavy (non-hydrogen) atoms. The van der Waals surface area contributed by atoms with E-state index in [-0.39, 0.29) is 34.7 Å². The zero-order valence-electron chi connectivity index (χ0n) is 18.1. The van der Waals surface area contributed by atoms with Gasteiger partial charge >= 0.3 is 0 Å². The first-order valence-corrected chi connectivity index (χ1v) is 12.8. The van der Waals surface area contributed by atoms with Crippen LogP contribution < -0.4 is 0 Å². The number of benzene rings is 2. The van der Waals surface area contributed by atoms with Crippen LogP contribution in [0.3, 0.4) is 0 Å². The van der Waals surface area contributed by atoms with Gasteiger partial charge in [-0.05, 0) is 24.6 Å². The minimum absolute atomic E-state index is 0.00754. The van der Waals surface area contributed by atoms with Crippen molar-refractivity contribution in [2.24, 2.45) is 0 Å². The number of nitrogens with zero attached hydrogens (tertiary/aromatic N) is 3. The second kappa shape index (κ2) is 9.36. The Balaban J connectivity index is 1.58. The molecular formula is C23H23F2N3O3S2. The quantitative estimate of drug-likeness (QED) is 0.496. The summed E-state index contributed by atoms with van der Waals surface area (Å²) >= 11 is 1.29. The largest absolute Gasteiger partial charge is 0.324 e. The van der Waals surface area contributed by atoms with Crippen LogP contribution in [0.2, 0.25) is 0 Å². The number of carbonyl (C=O) groups is 1. The zero-order chi connectivity index (χ0) is 23.8. The topological polar surface area (TPSA) is 70.6 Å². The van der Waals surface area contributed by atoms with Gasteiger partial charge in [-0.1, -0.05) is 31.2 Å². The lowest BCUT2D eigenvalue weighted by Gasteiger charge is -2.27. The van der Waals surface area contributed by atoms with Crippen molar-refractivity contribution in [2.45, 2.75) is 28.9 Å². The van der Waals surface area contributed by atoms with Gasteiger partial charge in [-0.15, -0.1) is 11.8 Å². The lowest BCUT2D eigenvalue weighted by Crippen LogP contribution is -2.39. The van der Waals surface area contributed by atoms with Crippen LogP contribution in [0.25, 0.3) is 10.9 Å². The number of fused-ring (bicyclic) bond motifs is 1. The number of likely N-dealkylation sites (N-methyl/N-ethyl adjacent to an activating group) is 1. The molecule has 1 saturated heterocycles.